The lowest BCUT2D eigenvalue weighted by molar-refractivity contribution is 0.668. The number of anilines is 3. The summed E-state index contributed by atoms with van der Waals surface area (Å²) in [6, 6.07) is 57.4. The standard InChI is InChI=1S/C42H27NO2/c1-2-10-28(11-3-1)30-12-8-13-33(26-30)43(37-16-9-19-41-42(37)35-15-5-7-18-39(35)45-41)32-23-20-29(21-24-32)31-22-25-40-36(27-31)34-14-4-6-17-38(34)44-40/h1-27H. The highest BCUT2D eigenvalue weighted by molar-refractivity contribution is 6.13. The number of rotatable bonds is 5. The molecule has 2 aromatic heterocycles. The lowest BCUT2D eigenvalue weighted by atomic mass is 10.0. The first-order valence-electron chi connectivity index (χ1n) is 15.2. The second kappa shape index (κ2) is 10.3. The van der Waals surface area contributed by atoms with E-state index in [1.54, 1.807) is 0 Å². The minimum absolute atomic E-state index is 0.871. The van der Waals surface area contributed by atoms with E-state index in [1.807, 2.05) is 24.3 Å². The van der Waals surface area contributed by atoms with Crippen LogP contribution in [-0.2, 0) is 0 Å². The number of benzene rings is 7. The number of fused-ring (bicyclic) bond motifs is 6. The molecule has 0 N–H and O–H groups in total. The molecule has 0 saturated carbocycles. The van der Waals surface area contributed by atoms with Gasteiger partial charge in [-0.3, -0.25) is 0 Å². The van der Waals surface area contributed by atoms with Crippen LogP contribution < -0.4 is 4.90 Å². The van der Waals surface area contributed by atoms with Gasteiger partial charge in [-0.1, -0.05) is 103 Å². The third kappa shape index (κ3) is 4.29. The van der Waals surface area contributed by atoms with Crippen molar-refractivity contribution in [3.05, 3.63) is 164 Å². The van der Waals surface area contributed by atoms with Gasteiger partial charge in [-0.25, -0.2) is 0 Å². The minimum atomic E-state index is 0.871. The van der Waals surface area contributed by atoms with Crippen molar-refractivity contribution < 1.29 is 8.83 Å². The fourth-order valence-electron chi connectivity index (χ4n) is 6.53. The molecule has 0 saturated heterocycles. The Balaban J connectivity index is 1.21. The highest BCUT2D eigenvalue weighted by Gasteiger charge is 2.20. The topological polar surface area (TPSA) is 29.5 Å². The minimum Gasteiger partial charge on any atom is -0.456 e. The molecule has 0 aliphatic heterocycles. The Hall–Kier alpha value is -6.06. The van der Waals surface area contributed by atoms with E-state index in [1.165, 1.54) is 11.1 Å². The Labute approximate surface area is 260 Å². The third-order valence-corrected chi connectivity index (χ3v) is 8.67. The summed E-state index contributed by atoms with van der Waals surface area (Å²) in [5.74, 6) is 0. The highest BCUT2D eigenvalue weighted by Crippen LogP contribution is 2.44. The van der Waals surface area contributed by atoms with Crippen LogP contribution in [0.25, 0.3) is 66.1 Å². The van der Waals surface area contributed by atoms with Gasteiger partial charge in [0, 0.05) is 27.5 Å². The van der Waals surface area contributed by atoms with Gasteiger partial charge in [-0.2, -0.15) is 0 Å². The van der Waals surface area contributed by atoms with Gasteiger partial charge < -0.3 is 13.7 Å². The van der Waals surface area contributed by atoms with Crippen LogP contribution in [0, 0.1) is 0 Å². The average molecular weight is 578 g/mol. The van der Waals surface area contributed by atoms with Crippen LogP contribution in [0.4, 0.5) is 17.1 Å². The SMILES string of the molecule is c1ccc(-c2cccc(N(c3ccc(-c4ccc5oc6ccccc6c5c4)cc3)c3cccc4oc5ccccc5c34)c2)cc1. The molecule has 0 bridgehead atoms. The maximum atomic E-state index is 6.31. The van der Waals surface area contributed by atoms with Crippen molar-refractivity contribution in [1.29, 1.82) is 0 Å². The van der Waals surface area contributed by atoms with Gasteiger partial charge in [0.2, 0.25) is 0 Å². The molecule has 0 fully saturated rings. The molecule has 0 atom stereocenters. The summed E-state index contributed by atoms with van der Waals surface area (Å²) < 4.78 is 12.4. The molecule has 0 unspecified atom stereocenters. The summed E-state index contributed by atoms with van der Waals surface area (Å²) in [7, 11) is 0. The molecule has 7 aromatic carbocycles. The quantitative estimate of drug-likeness (QED) is 0.204. The lowest BCUT2D eigenvalue weighted by Gasteiger charge is -2.27. The first-order chi connectivity index (χ1) is 22.3. The summed E-state index contributed by atoms with van der Waals surface area (Å²) in [6.07, 6.45) is 0. The number of furan rings is 2. The van der Waals surface area contributed by atoms with E-state index >= 15 is 0 Å². The van der Waals surface area contributed by atoms with Gasteiger partial charge in [0.1, 0.15) is 22.3 Å². The molecule has 45 heavy (non-hydrogen) atoms. The van der Waals surface area contributed by atoms with Gasteiger partial charge in [-0.05, 0) is 82.9 Å². The maximum absolute atomic E-state index is 6.31. The van der Waals surface area contributed by atoms with Crippen LogP contribution in [0.1, 0.15) is 0 Å². The summed E-state index contributed by atoms with van der Waals surface area (Å²) in [5.41, 5.74) is 11.4. The fraction of sp³-hybridized carbons (Fsp3) is 0. The van der Waals surface area contributed by atoms with Crippen LogP contribution in [0.2, 0.25) is 0 Å². The molecule has 3 heteroatoms. The van der Waals surface area contributed by atoms with Crippen molar-refractivity contribution >= 4 is 60.9 Å². The molecular formula is C42H27NO2. The van der Waals surface area contributed by atoms with Crippen LogP contribution >= 0.6 is 0 Å². The Morgan fingerprint density at radius 1 is 0.333 bits per heavy atom. The van der Waals surface area contributed by atoms with Crippen molar-refractivity contribution in [1.82, 2.24) is 0 Å². The molecule has 0 aliphatic rings. The number of hydrogen-bond donors (Lipinski definition) is 0. The second-order valence-electron chi connectivity index (χ2n) is 11.4. The van der Waals surface area contributed by atoms with Crippen molar-refractivity contribution in [3.63, 3.8) is 0 Å². The third-order valence-electron chi connectivity index (χ3n) is 8.67. The zero-order valence-corrected chi connectivity index (χ0v) is 24.4. The summed E-state index contributed by atoms with van der Waals surface area (Å²) in [5, 5.41) is 4.46. The smallest absolute Gasteiger partial charge is 0.137 e. The van der Waals surface area contributed by atoms with Gasteiger partial charge in [0.05, 0.1) is 11.1 Å². The number of hydrogen-bond acceptors (Lipinski definition) is 3. The molecule has 9 aromatic rings. The molecule has 0 aliphatic carbocycles. The van der Waals surface area contributed by atoms with E-state index < -0.39 is 0 Å². The van der Waals surface area contributed by atoms with Crippen molar-refractivity contribution in [2.45, 2.75) is 0 Å². The molecule has 0 spiro atoms. The van der Waals surface area contributed by atoms with Gasteiger partial charge in [0.25, 0.3) is 0 Å². The van der Waals surface area contributed by atoms with Gasteiger partial charge >= 0.3 is 0 Å². The molecule has 0 radical (unpaired) electrons. The molecule has 2 heterocycles. The van der Waals surface area contributed by atoms with E-state index in [9.17, 15) is 0 Å². The zero-order valence-electron chi connectivity index (χ0n) is 24.4. The normalized spacial score (nSPS) is 11.6. The van der Waals surface area contributed by atoms with Crippen molar-refractivity contribution in [3.8, 4) is 22.3 Å². The molecular weight excluding hydrogens is 550 g/mol. The zero-order chi connectivity index (χ0) is 29.7. The van der Waals surface area contributed by atoms with Gasteiger partial charge in [0.15, 0.2) is 0 Å². The lowest BCUT2D eigenvalue weighted by Crippen LogP contribution is -2.10. The summed E-state index contributed by atoms with van der Waals surface area (Å²) in [6.45, 7) is 0. The molecule has 212 valence electrons. The predicted octanol–water partition coefficient (Wildman–Crippen LogP) is 12.3. The van der Waals surface area contributed by atoms with E-state index in [0.29, 0.717) is 0 Å². The highest BCUT2D eigenvalue weighted by atomic mass is 16.3. The van der Waals surface area contributed by atoms with E-state index in [-0.39, 0.29) is 0 Å². The van der Waals surface area contributed by atoms with Crippen LogP contribution in [0.5, 0.6) is 0 Å². The Morgan fingerprint density at radius 2 is 0.911 bits per heavy atom. The van der Waals surface area contributed by atoms with E-state index in [0.717, 1.165) is 72.1 Å². The molecule has 0 amide bonds. The van der Waals surface area contributed by atoms with E-state index in [4.69, 9.17) is 8.83 Å². The van der Waals surface area contributed by atoms with Crippen molar-refractivity contribution in [2.24, 2.45) is 0 Å². The van der Waals surface area contributed by atoms with Crippen LogP contribution in [-0.4, -0.2) is 0 Å². The first kappa shape index (κ1) is 25.4. The number of para-hydroxylation sites is 2. The fourth-order valence-corrected chi connectivity index (χ4v) is 6.53. The first-order valence-corrected chi connectivity index (χ1v) is 15.2. The average Bonchev–Trinajstić information content (AvgIpc) is 3.68. The molecule has 9 rings (SSSR count). The predicted molar refractivity (Wildman–Crippen MR) is 187 cm³/mol. The van der Waals surface area contributed by atoms with Crippen LogP contribution in [0.15, 0.2) is 173 Å². The molecule has 3 nitrogen and oxygen atoms in total. The summed E-state index contributed by atoms with van der Waals surface area (Å²) in [4.78, 5) is 2.34. The van der Waals surface area contributed by atoms with Crippen molar-refractivity contribution in [2.75, 3.05) is 4.90 Å². The monoisotopic (exact) mass is 577 g/mol. The van der Waals surface area contributed by atoms with Crippen LogP contribution in [0.3, 0.4) is 0 Å². The van der Waals surface area contributed by atoms with Gasteiger partial charge in [-0.15, -0.1) is 0 Å². The Bertz CT molecular complexity index is 2490. The Morgan fingerprint density at radius 3 is 1.76 bits per heavy atom. The summed E-state index contributed by atoms with van der Waals surface area (Å²) >= 11 is 0. The second-order valence-corrected chi connectivity index (χ2v) is 11.4. The van der Waals surface area contributed by atoms with E-state index in [2.05, 4.69) is 144 Å². The largest absolute Gasteiger partial charge is 0.456 e. The number of nitrogens with zero attached hydrogens (tertiary/aromatic N) is 1. The maximum Gasteiger partial charge on any atom is 0.137 e. The Kier molecular flexibility index (Phi) is 5.82.